The van der Waals surface area contributed by atoms with Crippen LogP contribution in [0.25, 0.3) is 0 Å². The molecule has 110 valence electrons. The lowest BCUT2D eigenvalue weighted by Crippen LogP contribution is -2.18. The largest absolute Gasteiger partial charge is 0.497 e. The van der Waals surface area contributed by atoms with E-state index in [2.05, 4.69) is 15.9 Å². The van der Waals surface area contributed by atoms with Gasteiger partial charge >= 0.3 is 0 Å². The van der Waals surface area contributed by atoms with E-state index in [-0.39, 0.29) is 5.92 Å². The highest BCUT2D eigenvalue weighted by Crippen LogP contribution is 2.27. The Labute approximate surface area is 130 Å². The summed E-state index contributed by atoms with van der Waals surface area (Å²) in [6.45, 7) is 0. The standard InChI is InChI=1S/C17H23BrO2/c1-20-15-9-10-16(18)14(11-15)12-17(19)13-7-5-3-2-4-6-8-13/h9-11,13H,2-8,12H2,1H3. The third-order valence-corrected chi connectivity index (χ3v) is 4.95. The molecule has 1 fully saturated rings. The molecule has 0 saturated heterocycles. The molecule has 1 saturated carbocycles. The first-order valence-corrected chi connectivity index (χ1v) is 8.35. The molecule has 0 bridgehead atoms. The summed E-state index contributed by atoms with van der Waals surface area (Å²) in [5, 5.41) is 0. The molecule has 1 aromatic carbocycles. The Bertz CT molecular complexity index is 448. The van der Waals surface area contributed by atoms with Crippen molar-refractivity contribution >= 4 is 21.7 Å². The Morgan fingerprint density at radius 3 is 2.50 bits per heavy atom. The quantitative estimate of drug-likeness (QED) is 0.777. The van der Waals surface area contributed by atoms with Crippen LogP contribution in [0.1, 0.15) is 50.5 Å². The summed E-state index contributed by atoms with van der Waals surface area (Å²) in [4.78, 5) is 12.5. The van der Waals surface area contributed by atoms with Gasteiger partial charge in [-0.2, -0.15) is 0 Å². The van der Waals surface area contributed by atoms with Gasteiger partial charge in [-0.3, -0.25) is 4.79 Å². The number of halogens is 1. The second-order valence-corrected chi connectivity index (χ2v) is 6.50. The van der Waals surface area contributed by atoms with Crippen molar-refractivity contribution in [2.24, 2.45) is 5.92 Å². The lowest BCUT2D eigenvalue weighted by atomic mass is 9.86. The van der Waals surface area contributed by atoms with Gasteiger partial charge in [0.25, 0.3) is 0 Å². The van der Waals surface area contributed by atoms with E-state index in [0.717, 1.165) is 28.6 Å². The molecule has 0 spiro atoms. The molecule has 1 aliphatic rings. The van der Waals surface area contributed by atoms with Gasteiger partial charge in [0.2, 0.25) is 0 Å². The van der Waals surface area contributed by atoms with Gasteiger partial charge in [0, 0.05) is 16.8 Å². The maximum Gasteiger partial charge on any atom is 0.140 e. The highest BCUT2D eigenvalue weighted by atomic mass is 79.9. The summed E-state index contributed by atoms with van der Waals surface area (Å²) < 4.78 is 6.24. The number of carbonyl (C=O) groups is 1. The molecule has 0 amide bonds. The molecule has 0 heterocycles. The highest BCUT2D eigenvalue weighted by Gasteiger charge is 2.20. The van der Waals surface area contributed by atoms with Crippen LogP contribution in [-0.4, -0.2) is 12.9 Å². The van der Waals surface area contributed by atoms with Crippen LogP contribution >= 0.6 is 15.9 Å². The van der Waals surface area contributed by atoms with E-state index in [1.165, 1.54) is 32.1 Å². The predicted molar refractivity (Wildman–Crippen MR) is 85.2 cm³/mol. The summed E-state index contributed by atoms with van der Waals surface area (Å²) in [6.07, 6.45) is 8.97. The summed E-state index contributed by atoms with van der Waals surface area (Å²) in [5.74, 6) is 1.46. The second kappa shape index (κ2) is 7.82. The zero-order valence-electron chi connectivity index (χ0n) is 12.2. The summed E-state index contributed by atoms with van der Waals surface area (Å²) in [5.41, 5.74) is 1.04. The normalized spacial score (nSPS) is 17.3. The first-order valence-electron chi connectivity index (χ1n) is 7.56. The number of ether oxygens (including phenoxy) is 1. The number of hydrogen-bond acceptors (Lipinski definition) is 2. The van der Waals surface area contributed by atoms with E-state index in [4.69, 9.17) is 4.74 Å². The molecule has 0 aliphatic heterocycles. The van der Waals surface area contributed by atoms with Crippen LogP contribution in [0.2, 0.25) is 0 Å². The molecule has 0 radical (unpaired) electrons. The molecule has 1 aliphatic carbocycles. The van der Waals surface area contributed by atoms with Crippen molar-refractivity contribution in [2.75, 3.05) is 7.11 Å². The van der Waals surface area contributed by atoms with E-state index in [1.54, 1.807) is 7.11 Å². The molecular weight excluding hydrogens is 316 g/mol. The fraction of sp³-hybridized carbons (Fsp3) is 0.588. The number of hydrogen-bond donors (Lipinski definition) is 0. The number of ketones is 1. The van der Waals surface area contributed by atoms with Gasteiger partial charge in [-0.25, -0.2) is 0 Å². The van der Waals surface area contributed by atoms with Gasteiger partial charge in [-0.1, -0.05) is 48.0 Å². The van der Waals surface area contributed by atoms with Crippen molar-refractivity contribution in [3.05, 3.63) is 28.2 Å². The van der Waals surface area contributed by atoms with Crippen molar-refractivity contribution in [1.82, 2.24) is 0 Å². The molecule has 0 N–H and O–H groups in total. The van der Waals surface area contributed by atoms with Crippen LogP contribution in [-0.2, 0) is 11.2 Å². The van der Waals surface area contributed by atoms with Crippen LogP contribution in [0, 0.1) is 5.92 Å². The van der Waals surface area contributed by atoms with E-state index < -0.39 is 0 Å². The lowest BCUT2D eigenvalue weighted by Gasteiger charge is -2.19. The molecule has 3 heteroatoms. The van der Waals surface area contributed by atoms with Crippen LogP contribution in [0.5, 0.6) is 5.75 Å². The Balaban J connectivity index is 2.02. The Hall–Kier alpha value is -0.830. The van der Waals surface area contributed by atoms with E-state index in [9.17, 15) is 4.79 Å². The van der Waals surface area contributed by atoms with Gasteiger partial charge in [-0.15, -0.1) is 0 Å². The van der Waals surface area contributed by atoms with Crippen LogP contribution in [0.4, 0.5) is 0 Å². The SMILES string of the molecule is COc1ccc(Br)c(CC(=O)C2CCCCCCC2)c1. The van der Waals surface area contributed by atoms with E-state index in [1.807, 2.05) is 18.2 Å². The number of carbonyl (C=O) groups excluding carboxylic acids is 1. The van der Waals surface area contributed by atoms with E-state index >= 15 is 0 Å². The van der Waals surface area contributed by atoms with Crippen molar-refractivity contribution < 1.29 is 9.53 Å². The molecular formula is C17H23BrO2. The summed E-state index contributed by atoms with van der Waals surface area (Å²) in [6, 6.07) is 5.83. The van der Waals surface area contributed by atoms with Gasteiger partial charge in [0.05, 0.1) is 7.11 Å². The molecule has 2 rings (SSSR count). The molecule has 0 unspecified atom stereocenters. The zero-order valence-corrected chi connectivity index (χ0v) is 13.7. The maximum atomic E-state index is 12.5. The Kier molecular flexibility index (Phi) is 6.08. The van der Waals surface area contributed by atoms with Crippen molar-refractivity contribution in [2.45, 2.75) is 51.4 Å². The smallest absolute Gasteiger partial charge is 0.140 e. The Morgan fingerprint density at radius 2 is 1.85 bits per heavy atom. The highest BCUT2D eigenvalue weighted by molar-refractivity contribution is 9.10. The van der Waals surface area contributed by atoms with Gasteiger partial charge < -0.3 is 4.74 Å². The van der Waals surface area contributed by atoms with Gasteiger partial charge in [0.1, 0.15) is 11.5 Å². The number of Topliss-reactive ketones (excluding diaryl/α,β-unsaturated/α-hetero) is 1. The number of methoxy groups -OCH3 is 1. The Morgan fingerprint density at radius 1 is 1.20 bits per heavy atom. The van der Waals surface area contributed by atoms with Crippen molar-refractivity contribution in [1.29, 1.82) is 0 Å². The molecule has 0 aromatic heterocycles. The molecule has 0 atom stereocenters. The summed E-state index contributed by atoms with van der Waals surface area (Å²) in [7, 11) is 1.66. The first kappa shape index (κ1) is 15.6. The molecule has 20 heavy (non-hydrogen) atoms. The van der Waals surface area contributed by atoms with Gasteiger partial charge in [0.15, 0.2) is 0 Å². The fourth-order valence-corrected chi connectivity index (χ4v) is 3.31. The van der Waals surface area contributed by atoms with Crippen molar-refractivity contribution in [3.8, 4) is 5.75 Å². The summed E-state index contributed by atoms with van der Waals surface area (Å²) >= 11 is 3.53. The average molecular weight is 339 g/mol. The molecule has 2 nitrogen and oxygen atoms in total. The zero-order chi connectivity index (χ0) is 14.4. The lowest BCUT2D eigenvalue weighted by molar-refractivity contribution is -0.122. The molecule has 1 aromatic rings. The third-order valence-electron chi connectivity index (χ3n) is 4.18. The number of rotatable bonds is 4. The average Bonchev–Trinajstić information content (AvgIpc) is 2.40. The first-order chi connectivity index (χ1) is 9.70. The minimum absolute atomic E-state index is 0.258. The monoisotopic (exact) mass is 338 g/mol. The fourth-order valence-electron chi connectivity index (χ4n) is 2.92. The van der Waals surface area contributed by atoms with Crippen LogP contribution in [0.3, 0.4) is 0 Å². The van der Waals surface area contributed by atoms with Crippen molar-refractivity contribution in [3.63, 3.8) is 0 Å². The third kappa shape index (κ3) is 4.34. The number of benzene rings is 1. The second-order valence-electron chi connectivity index (χ2n) is 5.64. The van der Waals surface area contributed by atoms with E-state index in [0.29, 0.717) is 12.2 Å². The van der Waals surface area contributed by atoms with Crippen LogP contribution in [0.15, 0.2) is 22.7 Å². The minimum Gasteiger partial charge on any atom is -0.497 e. The predicted octanol–water partition coefficient (Wildman–Crippen LogP) is 4.93. The topological polar surface area (TPSA) is 26.3 Å². The van der Waals surface area contributed by atoms with Crippen LogP contribution < -0.4 is 4.74 Å². The van der Waals surface area contributed by atoms with Gasteiger partial charge in [-0.05, 0) is 36.6 Å². The minimum atomic E-state index is 0.258. The maximum absolute atomic E-state index is 12.5.